The second-order valence-corrected chi connectivity index (χ2v) is 4.11. The first-order valence-corrected chi connectivity index (χ1v) is 5.44. The summed E-state index contributed by atoms with van der Waals surface area (Å²) in [5.41, 5.74) is 0.339. The van der Waals surface area contributed by atoms with Gasteiger partial charge in [0.15, 0.2) is 0 Å². The molecule has 17 heavy (non-hydrogen) atoms. The highest BCUT2D eigenvalue weighted by atomic mass is 16.4. The van der Waals surface area contributed by atoms with Crippen LogP contribution in [0.1, 0.15) is 30.8 Å². The molecule has 1 aromatic heterocycles. The molecule has 94 valence electrons. The lowest BCUT2D eigenvalue weighted by Crippen LogP contribution is -2.38. The molecule has 0 aliphatic carbocycles. The molecule has 1 heterocycles. The van der Waals surface area contributed by atoms with Gasteiger partial charge in [-0.1, -0.05) is 0 Å². The Morgan fingerprint density at radius 2 is 2.18 bits per heavy atom. The van der Waals surface area contributed by atoms with Gasteiger partial charge in [0.2, 0.25) is 0 Å². The van der Waals surface area contributed by atoms with Gasteiger partial charge in [-0.05, 0) is 19.9 Å². The molecule has 0 fully saturated rings. The Labute approximate surface area is 99.8 Å². The minimum absolute atomic E-state index is 0.0520. The predicted molar refractivity (Wildman–Crippen MR) is 61.6 cm³/mol. The Bertz CT molecular complexity index is 412. The van der Waals surface area contributed by atoms with Crippen LogP contribution >= 0.6 is 0 Å². The van der Waals surface area contributed by atoms with Crippen LogP contribution in [0.15, 0.2) is 12.3 Å². The van der Waals surface area contributed by atoms with Crippen molar-refractivity contribution in [2.24, 2.45) is 7.05 Å². The van der Waals surface area contributed by atoms with E-state index in [0.29, 0.717) is 5.69 Å². The Morgan fingerprint density at radius 3 is 2.59 bits per heavy atom. The zero-order valence-electron chi connectivity index (χ0n) is 10.3. The molecule has 0 aliphatic heterocycles. The van der Waals surface area contributed by atoms with Crippen LogP contribution in [-0.2, 0) is 11.8 Å². The number of aliphatic carboxylic acids is 1. The molecular formula is C11H17N3O3. The zero-order chi connectivity index (χ0) is 13.0. The van der Waals surface area contributed by atoms with Crippen LogP contribution in [0.4, 0.5) is 0 Å². The minimum Gasteiger partial charge on any atom is -0.481 e. The first kappa shape index (κ1) is 13.2. The first-order chi connectivity index (χ1) is 7.91. The number of nitrogens with zero attached hydrogens (tertiary/aromatic N) is 3. The van der Waals surface area contributed by atoms with Gasteiger partial charge in [0.1, 0.15) is 5.69 Å². The number of carboxylic acid groups (broad SMARTS) is 1. The van der Waals surface area contributed by atoms with E-state index in [1.807, 2.05) is 13.8 Å². The summed E-state index contributed by atoms with van der Waals surface area (Å²) in [6, 6.07) is 1.57. The molecule has 0 unspecified atom stereocenters. The van der Waals surface area contributed by atoms with Gasteiger partial charge in [-0.3, -0.25) is 14.3 Å². The predicted octanol–water partition coefficient (Wildman–Crippen LogP) is 0.745. The number of carbonyl (C=O) groups is 2. The molecule has 0 radical (unpaired) electrons. The number of amides is 1. The van der Waals surface area contributed by atoms with E-state index in [9.17, 15) is 9.59 Å². The summed E-state index contributed by atoms with van der Waals surface area (Å²) >= 11 is 0. The summed E-state index contributed by atoms with van der Waals surface area (Å²) in [7, 11) is 1.73. The van der Waals surface area contributed by atoms with Gasteiger partial charge < -0.3 is 10.0 Å². The van der Waals surface area contributed by atoms with Crippen molar-refractivity contribution >= 4 is 11.9 Å². The Kier molecular flexibility index (Phi) is 4.25. The van der Waals surface area contributed by atoms with Crippen molar-refractivity contribution < 1.29 is 14.7 Å². The van der Waals surface area contributed by atoms with Crippen molar-refractivity contribution in [3.8, 4) is 0 Å². The third kappa shape index (κ3) is 3.58. The van der Waals surface area contributed by atoms with Crippen LogP contribution in [0.3, 0.4) is 0 Å². The van der Waals surface area contributed by atoms with Gasteiger partial charge in [0.25, 0.3) is 5.91 Å². The maximum absolute atomic E-state index is 12.1. The summed E-state index contributed by atoms with van der Waals surface area (Å²) in [5.74, 6) is -1.15. The van der Waals surface area contributed by atoms with Crippen LogP contribution in [0, 0.1) is 0 Å². The van der Waals surface area contributed by atoms with Crippen LogP contribution < -0.4 is 0 Å². The quantitative estimate of drug-likeness (QED) is 0.822. The highest BCUT2D eigenvalue weighted by Gasteiger charge is 2.21. The van der Waals surface area contributed by atoms with Crippen molar-refractivity contribution in [1.82, 2.24) is 14.7 Å². The molecular weight excluding hydrogens is 222 g/mol. The number of aromatic nitrogens is 2. The number of carboxylic acids is 1. The third-order valence-electron chi connectivity index (χ3n) is 2.38. The smallest absolute Gasteiger partial charge is 0.305 e. The number of aryl methyl sites for hydroxylation is 1. The molecule has 6 heteroatoms. The van der Waals surface area contributed by atoms with Crippen LogP contribution in [0.2, 0.25) is 0 Å². The highest BCUT2D eigenvalue weighted by Crippen LogP contribution is 2.07. The lowest BCUT2D eigenvalue weighted by molar-refractivity contribution is -0.137. The number of hydrogen-bond acceptors (Lipinski definition) is 3. The summed E-state index contributed by atoms with van der Waals surface area (Å²) < 4.78 is 1.54. The molecule has 1 rings (SSSR count). The number of carbonyl (C=O) groups excluding carboxylic acids is 1. The summed E-state index contributed by atoms with van der Waals surface area (Å²) in [4.78, 5) is 24.1. The molecule has 6 nitrogen and oxygen atoms in total. The van der Waals surface area contributed by atoms with Crippen LogP contribution in [-0.4, -0.2) is 44.3 Å². The third-order valence-corrected chi connectivity index (χ3v) is 2.38. The van der Waals surface area contributed by atoms with E-state index in [2.05, 4.69) is 5.10 Å². The fourth-order valence-electron chi connectivity index (χ4n) is 1.49. The second-order valence-electron chi connectivity index (χ2n) is 4.11. The minimum atomic E-state index is -0.913. The maximum Gasteiger partial charge on any atom is 0.305 e. The molecule has 0 bridgehead atoms. The zero-order valence-corrected chi connectivity index (χ0v) is 10.3. The standard InChI is InChI=1S/C11H17N3O3/c1-8(2)14(7-5-10(15)16)11(17)9-4-6-13(3)12-9/h4,6,8H,5,7H2,1-3H3,(H,15,16). The SMILES string of the molecule is CC(C)N(CCC(=O)O)C(=O)c1ccn(C)n1. The first-order valence-electron chi connectivity index (χ1n) is 5.44. The van der Waals surface area contributed by atoms with E-state index in [1.165, 1.54) is 4.90 Å². The van der Waals surface area contributed by atoms with Gasteiger partial charge in [-0.25, -0.2) is 0 Å². The van der Waals surface area contributed by atoms with Crippen molar-refractivity contribution in [2.45, 2.75) is 26.3 Å². The molecule has 1 amide bonds. The molecule has 1 N–H and O–H groups in total. The Hall–Kier alpha value is -1.85. The van der Waals surface area contributed by atoms with Gasteiger partial charge in [-0.2, -0.15) is 5.10 Å². The second kappa shape index (κ2) is 5.47. The molecule has 1 aromatic rings. The van der Waals surface area contributed by atoms with Crippen molar-refractivity contribution in [3.63, 3.8) is 0 Å². The molecule has 0 saturated carbocycles. The lowest BCUT2D eigenvalue weighted by Gasteiger charge is -2.25. The van der Waals surface area contributed by atoms with Crippen molar-refractivity contribution in [1.29, 1.82) is 0 Å². The van der Waals surface area contributed by atoms with Crippen LogP contribution in [0.5, 0.6) is 0 Å². The average Bonchev–Trinajstić information content (AvgIpc) is 2.63. The lowest BCUT2D eigenvalue weighted by atomic mass is 10.2. The topological polar surface area (TPSA) is 75.4 Å². The maximum atomic E-state index is 12.1. The molecule has 0 saturated heterocycles. The fraction of sp³-hybridized carbons (Fsp3) is 0.545. The molecule has 0 atom stereocenters. The van der Waals surface area contributed by atoms with Crippen molar-refractivity contribution in [3.05, 3.63) is 18.0 Å². The van der Waals surface area contributed by atoms with Gasteiger partial charge in [-0.15, -0.1) is 0 Å². The number of hydrogen-bond donors (Lipinski definition) is 1. The highest BCUT2D eigenvalue weighted by molar-refractivity contribution is 5.92. The van der Waals surface area contributed by atoms with Gasteiger partial charge >= 0.3 is 5.97 Å². The van der Waals surface area contributed by atoms with E-state index >= 15 is 0 Å². The van der Waals surface area contributed by atoms with E-state index in [0.717, 1.165) is 0 Å². The van der Waals surface area contributed by atoms with E-state index in [1.54, 1.807) is 24.0 Å². The fourth-order valence-corrected chi connectivity index (χ4v) is 1.49. The Morgan fingerprint density at radius 1 is 1.53 bits per heavy atom. The summed E-state index contributed by atoms with van der Waals surface area (Å²) in [5, 5.41) is 12.7. The van der Waals surface area contributed by atoms with E-state index in [-0.39, 0.29) is 24.9 Å². The van der Waals surface area contributed by atoms with E-state index in [4.69, 9.17) is 5.11 Å². The van der Waals surface area contributed by atoms with Crippen LogP contribution in [0.25, 0.3) is 0 Å². The normalized spacial score (nSPS) is 10.6. The monoisotopic (exact) mass is 239 g/mol. The van der Waals surface area contributed by atoms with E-state index < -0.39 is 5.97 Å². The van der Waals surface area contributed by atoms with Crippen molar-refractivity contribution in [2.75, 3.05) is 6.54 Å². The van der Waals surface area contributed by atoms with Gasteiger partial charge in [0.05, 0.1) is 6.42 Å². The average molecular weight is 239 g/mol. The molecule has 0 spiro atoms. The summed E-state index contributed by atoms with van der Waals surface area (Å²) in [6.07, 6.45) is 1.62. The molecule has 0 aliphatic rings. The Balaban J connectivity index is 2.77. The summed E-state index contributed by atoms with van der Waals surface area (Å²) in [6.45, 7) is 3.90. The number of rotatable bonds is 5. The van der Waals surface area contributed by atoms with Gasteiger partial charge in [0, 0.05) is 25.8 Å². The largest absolute Gasteiger partial charge is 0.481 e. The molecule has 0 aromatic carbocycles.